The number of rotatable bonds is 0. The molecule has 6 nitrogen and oxygen atoms in total. The summed E-state index contributed by atoms with van der Waals surface area (Å²) >= 11 is 3.57. The second kappa shape index (κ2) is 5.52. The number of fused-ring (bicyclic) bond motifs is 2. The molecule has 32 heavy (non-hydrogen) atoms. The number of hydrogen-bond donors (Lipinski definition) is 0. The fourth-order valence-electron chi connectivity index (χ4n) is 5.14. The zero-order chi connectivity index (χ0) is 22.0. The Bertz CT molecular complexity index is 1690. The Morgan fingerprint density at radius 3 is 1.62 bits per heavy atom. The van der Waals surface area contributed by atoms with E-state index >= 15 is 0 Å². The zero-order valence-corrected chi connectivity index (χ0v) is 17.5. The first-order chi connectivity index (χ1) is 15.4. The summed E-state index contributed by atoms with van der Waals surface area (Å²) in [5, 5.41) is 5.12. The van der Waals surface area contributed by atoms with Gasteiger partial charge in [-0.25, -0.2) is 19.2 Å². The summed E-state index contributed by atoms with van der Waals surface area (Å²) in [5.41, 5.74) is 1.39. The van der Waals surface area contributed by atoms with Gasteiger partial charge in [0.05, 0.1) is 22.3 Å². The van der Waals surface area contributed by atoms with E-state index in [-0.39, 0.29) is 16.7 Å². The lowest BCUT2D eigenvalue weighted by Crippen LogP contribution is -2.23. The van der Waals surface area contributed by atoms with Crippen molar-refractivity contribution in [3.63, 3.8) is 0 Å². The van der Waals surface area contributed by atoms with E-state index < -0.39 is 23.9 Å². The maximum Gasteiger partial charge on any atom is 0.346 e. The third-order valence-electron chi connectivity index (χ3n) is 6.34. The van der Waals surface area contributed by atoms with Gasteiger partial charge in [-0.2, -0.15) is 0 Å². The second-order valence-corrected chi connectivity index (χ2v) is 8.70. The number of carbonyl (C=O) groups excluding carboxylic acids is 4. The minimum absolute atomic E-state index is 0.224. The van der Waals surface area contributed by atoms with E-state index in [4.69, 9.17) is 17.3 Å². The highest BCUT2D eigenvalue weighted by atomic mass is 79.9. The van der Waals surface area contributed by atoms with Crippen LogP contribution >= 0.6 is 15.9 Å². The van der Waals surface area contributed by atoms with Gasteiger partial charge < -0.3 is 9.47 Å². The van der Waals surface area contributed by atoms with Gasteiger partial charge in [-0.15, -0.1) is 0 Å². The van der Waals surface area contributed by atoms with Crippen LogP contribution in [0, 0.1) is 0 Å². The van der Waals surface area contributed by atoms with Crippen molar-refractivity contribution < 1.29 is 28.7 Å². The Morgan fingerprint density at radius 1 is 0.562 bits per heavy atom. The summed E-state index contributed by atoms with van der Waals surface area (Å²) in [6.07, 6.45) is 0. The maximum atomic E-state index is 12.5. The molecule has 2 aliphatic rings. The monoisotopic (exact) mass is 480 g/mol. The molecular formula is C24H6BBrO6. The minimum Gasteiger partial charge on any atom is -0.386 e. The second-order valence-electron chi connectivity index (χ2n) is 7.84. The van der Waals surface area contributed by atoms with Crippen LogP contribution < -0.4 is 5.46 Å². The predicted octanol–water partition coefficient (Wildman–Crippen LogP) is 3.91. The molecule has 2 aliphatic heterocycles. The summed E-state index contributed by atoms with van der Waals surface area (Å²) in [7, 11) is 6.43. The molecule has 0 atom stereocenters. The van der Waals surface area contributed by atoms with E-state index in [1.165, 1.54) is 6.07 Å². The van der Waals surface area contributed by atoms with Gasteiger partial charge in [-0.05, 0) is 39.7 Å². The van der Waals surface area contributed by atoms with Crippen molar-refractivity contribution in [3.05, 3.63) is 63.1 Å². The highest BCUT2D eigenvalue weighted by Gasteiger charge is 2.33. The minimum atomic E-state index is -0.749. The molecule has 5 aromatic carbocycles. The molecule has 0 saturated heterocycles. The fourth-order valence-corrected chi connectivity index (χ4v) is 5.78. The molecule has 0 N–H and O–H groups in total. The lowest BCUT2D eigenvalue weighted by molar-refractivity contribution is 0.0373. The quantitative estimate of drug-likeness (QED) is 0.110. The van der Waals surface area contributed by atoms with Gasteiger partial charge in [0, 0.05) is 26.0 Å². The van der Waals surface area contributed by atoms with Gasteiger partial charge in [0.25, 0.3) is 0 Å². The zero-order valence-electron chi connectivity index (χ0n) is 15.9. The standard InChI is InChI=1S/C24H6BBrO6/c25-13-5-11-15-9(21(27)31-23(11)29)4-2-8-18-14(26)6-12-16-10(22(28)32-24(12)30)3-1-7(20(16)18)17(13)19(8)15/h1-6H. The van der Waals surface area contributed by atoms with Gasteiger partial charge in [0.1, 0.15) is 7.85 Å². The van der Waals surface area contributed by atoms with Crippen LogP contribution in [0.3, 0.4) is 0 Å². The molecule has 0 spiro atoms. The Labute approximate surface area is 187 Å². The van der Waals surface area contributed by atoms with Crippen LogP contribution in [0.2, 0.25) is 0 Å². The van der Waals surface area contributed by atoms with E-state index in [9.17, 15) is 19.2 Å². The van der Waals surface area contributed by atoms with Crippen LogP contribution in [0.5, 0.6) is 0 Å². The summed E-state index contributed by atoms with van der Waals surface area (Å²) in [6.45, 7) is 0. The molecule has 0 aromatic heterocycles. The van der Waals surface area contributed by atoms with Crippen LogP contribution in [-0.2, 0) is 9.47 Å². The lowest BCUT2D eigenvalue weighted by atomic mass is 9.78. The number of carbonyl (C=O) groups is 4. The summed E-state index contributed by atoms with van der Waals surface area (Å²) < 4.78 is 10.4. The van der Waals surface area contributed by atoms with Crippen LogP contribution in [0.15, 0.2) is 40.9 Å². The predicted molar refractivity (Wildman–Crippen MR) is 120 cm³/mol. The number of halogens is 1. The van der Waals surface area contributed by atoms with Crippen molar-refractivity contribution >= 4 is 96.2 Å². The molecule has 0 bridgehead atoms. The highest BCUT2D eigenvalue weighted by Crippen LogP contribution is 2.47. The first-order valence-electron chi connectivity index (χ1n) is 9.59. The van der Waals surface area contributed by atoms with Crippen LogP contribution in [0.1, 0.15) is 41.4 Å². The molecule has 0 amide bonds. The lowest BCUT2D eigenvalue weighted by Gasteiger charge is -2.24. The van der Waals surface area contributed by atoms with E-state index in [2.05, 4.69) is 15.9 Å². The molecular weight excluding hydrogens is 475 g/mol. The number of cyclic esters (lactones) is 4. The normalized spacial score (nSPS) is 15.3. The molecule has 7 rings (SSSR count). The van der Waals surface area contributed by atoms with Gasteiger partial charge in [-0.1, -0.05) is 39.6 Å². The smallest absolute Gasteiger partial charge is 0.346 e. The van der Waals surface area contributed by atoms with Gasteiger partial charge in [-0.3, -0.25) is 0 Å². The Kier molecular flexibility index (Phi) is 3.08. The first kappa shape index (κ1) is 17.9. The van der Waals surface area contributed by atoms with E-state index in [0.717, 1.165) is 10.8 Å². The molecule has 5 aromatic rings. The summed E-state index contributed by atoms with van der Waals surface area (Å²) in [6, 6.07) is 9.87. The number of benzene rings is 5. The fraction of sp³-hybridized carbons (Fsp3) is 0. The maximum absolute atomic E-state index is 12.5. The van der Waals surface area contributed by atoms with Crippen molar-refractivity contribution in [1.82, 2.24) is 0 Å². The van der Waals surface area contributed by atoms with Crippen LogP contribution in [0.4, 0.5) is 0 Å². The number of esters is 4. The average molecular weight is 481 g/mol. The Balaban J connectivity index is 1.88. The Morgan fingerprint density at radius 2 is 1.03 bits per heavy atom. The molecule has 0 aliphatic carbocycles. The molecule has 0 fully saturated rings. The third kappa shape index (κ3) is 1.88. The molecule has 8 heteroatoms. The van der Waals surface area contributed by atoms with E-state index in [1.807, 2.05) is 0 Å². The largest absolute Gasteiger partial charge is 0.386 e. The van der Waals surface area contributed by atoms with Crippen molar-refractivity contribution in [3.8, 4) is 0 Å². The van der Waals surface area contributed by atoms with E-state index in [1.54, 1.807) is 30.3 Å². The highest BCUT2D eigenvalue weighted by molar-refractivity contribution is 9.10. The SMILES string of the molecule is [B]c1cc2c3c(ccc4c5c(Br)cc6c7c(ccc(c1c34)c75)C(=O)OC6=O)C(=O)OC2=O. The van der Waals surface area contributed by atoms with Crippen molar-refractivity contribution in [2.24, 2.45) is 0 Å². The van der Waals surface area contributed by atoms with Gasteiger partial charge in [0.2, 0.25) is 0 Å². The van der Waals surface area contributed by atoms with Crippen molar-refractivity contribution in [2.45, 2.75) is 0 Å². The van der Waals surface area contributed by atoms with Crippen molar-refractivity contribution in [1.29, 1.82) is 0 Å². The van der Waals surface area contributed by atoms with Gasteiger partial charge >= 0.3 is 23.9 Å². The molecule has 0 saturated carbocycles. The number of ether oxygens (including phenoxy) is 2. The van der Waals surface area contributed by atoms with E-state index in [0.29, 0.717) is 47.8 Å². The topological polar surface area (TPSA) is 86.7 Å². The van der Waals surface area contributed by atoms with Gasteiger partial charge in [0.15, 0.2) is 0 Å². The van der Waals surface area contributed by atoms with Crippen molar-refractivity contribution in [2.75, 3.05) is 0 Å². The third-order valence-corrected chi connectivity index (χ3v) is 6.96. The molecule has 148 valence electrons. The molecule has 2 radical (unpaired) electrons. The molecule has 2 heterocycles. The van der Waals surface area contributed by atoms with Crippen LogP contribution in [0.25, 0.3) is 43.1 Å². The average Bonchev–Trinajstić information content (AvgIpc) is 2.76. The summed E-state index contributed by atoms with van der Waals surface area (Å²) in [5.74, 6) is -2.89. The molecule has 0 unspecified atom stereocenters. The number of hydrogen-bond acceptors (Lipinski definition) is 6. The Hall–Kier alpha value is -3.78. The first-order valence-corrected chi connectivity index (χ1v) is 10.4. The summed E-state index contributed by atoms with van der Waals surface area (Å²) in [4.78, 5) is 49.8. The van der Waals surface area contributed by atoms with Crippen LogP contribution in [-0.4, -0.2) is 31.7 Å².